The van der Waals surface area contributed by atoms with Crippen molar-refractivity contribution in [3.05, 3.63) is 96.0 Å². The molecule has 5 rings (SSSR count). The summed E-state index contributed by atoms with van der Waals surface area (Å²) in [6, 6.07) is 24.3. The van der Waals surface area contributed by atoms with Gasteiger partial charge in [0.2, 0.25) is 11.7 Å². The van der Waals surface area contributed by atoms with E-state index in [9.17, 15) is 4.79 Å². The van der Waals surface area contributed by atoms with Crippen LogP contribution in [0.25, 0.3) is 17.5 Å². The van der Waals surface area contributed by atoms with E-state index in [0.717, 1.165) is 16.9 Å². The van der Waals surface area contributed by atoms with Crippen LogP contribution in [0.3, 0.4) is 0 Å². The first-order valence-corrected chi connectivity index (χ1v) is 12.1. The molecule has 36 heavy (non-hydrogen) atoms. The lowest BCUT2D eigenvalue weighted by Gasteiger charge is -2.18. The molecule has 4 aromatic rings. The average molecular weight is 499 g/mol. The summed E-state index contributed by atoms with van der Waals surface area (Å²) in [5.74, 6) is 2.44. The summed E-state index contributed by atoms with van der Waals surface area (Å²) in [5, 5.41) is 4.58. The number of methoxy groups -OCH3 is 2. The van der Waals surface area contributed by atoms with E-state index in [1.165, 1.54) is 11.8 Å². The topological polar surface area (TPSA) is 90.1 Å². The summed E-state index contributed by atoms with van der Waals surface area (Å²) in [7, 11) is 3.20. The van der Waals surface area contributed by atoms with Crippen LogP contribution in [0, 0.1) is 0 Å². The predicted octanol–water partition coefficient (Wildman–Crippen LogP) is 5.43. The number of anilines is 1. The smallest absolute Gasteiger partial charge is 0.283 e. The molecule has 9 heteroatoms. The van der Waals surface area contributed by atoms with E-state index in [0.29, 0.717) is 39.8 Å². The Balaban J connectivity index is 1.43. The van der Waals surface area contributed by atoms with Crippen molar-refractivity contribution < 1.29 is 18.8 Å². The van der Waals surface area contributed by atoms with Gasteiger partial charge in [0.1, 0.15) is 17.2 Å². The molecule has 180 valence electrons. The van der Waals surface area contributed by atoms with E-state index in [1.807, 2.05) is 72.8 Å². The van der Waals surface area contributed by atoms with E-state index in [-0.39, 0.29) is 5.91 Å². The predicted molar refractivity (Wildman–Crippen MR) is 140 cm³/mol. The summed E-state index contributed by atoms with van der Waals surface area (Å²) in [6.45, 7) is 0. The van der Waals surface area contributed by atoms with Crippen LogP contribution in [0.4, 0.5) is 5.69 Å². The summed E-state index contributed by atoms with van der Waals surface area (Å²) < 4.78 is 16.0. The highest BCUT2D eigenvalue weighted by Crippen LogP contribution is 2.32. The number of carbonyl (C=O) groups is 1. The van der Waals surface area contributed by atoms with E-state index < -0.39 is 0 Å². The zero-order chi connectivity index (χ0) is 24.9. The Labute approximate surface area is 212 Å². The van der Waals surface area contributed by atoms with Gasteiger partial charge in [-0.1, -0.05) is 65.4 Å². The number of aromatic nitrogens is 2. The van der Waals surface area contributed by atoms with Gasteiger partial charge in [-0.2, -0.15) is 4.98 Å². The minimum absolute atomic E-state index is 0.239. The molecule has 2 heterocycles. The summed E-state index contributed by atoms with van der Waals surface area (Å²) in [6.07, 6.45) is 1.75. The van der Waals surface area contributed by atoms with Gasteiger partial charge in [-0.05, 0) is 35.9 Å². The highest BCUT2D eigenvalue weighted by atomic mass is 32.2. The molecule has 0 spiro atoms. The number of hydrogen-bond acceptors (Lipinski definition) is 8. The molecule has 0 N–H and O–H groups in total. The zero-order valence-corrected chi connectivity index (χ0v) is 20.4. The summed E-state index contributed by atoms with van der Waals surface area (Å²) in [4.78, 5) is 24.2. The molecule has 1 aromatic heterocycles. The lowest BCUT2D eigenvalue weighted by molar-refractivity contribution is -0.113. The van der Waals surface area contributed by atoms with Crippen molar-refractivity contribution in [3.8, 4) is 22.9 Å². The van der Waals surface area contributed by atoms with Gasteiger partial charge >= 0.3 is 0 Å². The molecule has 0 fully saturated rings. The second-order valence-electron chi connectivity index (χ2n) is 7.71. The monoisotopic (exact) mass is 498 g/mol. The first-order chi connectivity index (χ1) is 17.6. The van der Waals surface area contributed by atoms with Gasteiger partial charge in [-0.25, -0.2) is 4.99 Å². The van der Waals surface area contributed by atoms with Crippen LogP contribution in [0.15, 0.2) is 94.1 Å². The number of benzene rings is 3. The van der Waals surface area contributed by atoms with Gasteiger partial charge in [0.25, 0.3) is 5.91 Å². The van der Waals surface area contributed by atoms with Gasteiger partial charge in [0.05, 0.1) is 25.7 Å². The molecule has 1 aliphatic heterocycles. The second-order valence-corrected chi connectivity index (χ2v) is 8.65. The molecule has 8 nitrogen and oxygen atoms in total. The number of ether oxygens (including phenoxy) is 2. The molecule has 0 saturated carbocycles. The number of amidine groups is 1. The lowest BCUT2D eigenvalue weighted by atomic mass is 10.2. The van der Waals surface area contributed by atoms with Crippen molar-refractivity contribution in [2.75, 3.05) is 19.1 Å². The molecular formula is C27H22N4O4S. The van der Waals surface area contributed by atoms with Gasteiger partial charge in [0.15, 0.2) is 5.17 Å². The molecule has 3 aromatic carbocycles. The minimum Gasteiger partial charge on any atom is -0.497 e. The minimum atomic E-state index is -0.239. The normalized spacial score (nSPS) is 14.3. The van der Waals surface area contributed by atoms with Crippen molar-refractivity contribution in [3.63, 3.8) is 0 Å². The standard InChI is InChI=1S/C27H22N4O4S/c1-33-21-13-11-18(12-14-21)15-23-26(32)31(20-9-6-10-22(16-20)34-2)27(28-23)36-17-24-29-25(30-35-24)19-7-4-3-5-8-19/h3-16H,17H2,1-2H3/b23-15-. The van der Waals surface area contributed by atoms with Crippen LogP contribution in [-0.2, 0) is 10.5 Å². The average Bonchev–Trinajstić information content (AvgIpc) is 3.53. The van der Waals surface area contributed by atoms with Crippen molar-refractivity contribution >= 4 is 34.6 Å². The molecule has 1 amide bonds. The third-order valence-electron chi connectivity index (χ3n) is 5.39. The van der Waals surface area contributed by atoms with Crippen molar-refractivity contribution in [2.45, 2.75) is 5.75 Å². The number of hydrogen-bond donors (Lipinski definition) is 0. The van der Waals surface area contributed by atoms with Crippen LogP contribution in [0.5, 0.6) is 11.5 Å². The van der Waals surface area contributed by atoms with E-state index >= 15 is 0 Å². The fourth-order valence-electron chi connectivity index (χ4n) is 3.57. The first kappa shape index (κ1) is 23.4. The Hall–Kier alpha value is -4.37. The van der Waals surface area contributed by atoms with Crippen molar-refractivity contribution in [1.82, 2.24) is 10.1 Å². The first-order valence-electron chi connectivity index (χ1n) is 11.1. The number of aliphatic imine (C=N–C) groups is 1. The molecule has 0 atom stereocenters. The summed E-state index contributed by atoms with van der Waals surface area (Å²) >= 11 is 1.34. The summed E-state index contributed by atoms with van der Waals surface area (Å²) in [5.41, 5.74) is 2.68. The molecule has 0 bridgehead atoms. The largest absolute Gasteiger partial charge is 0.497 e. The van der Waals surface area contributed by atoms with Crippen LogP contribution < -0.4 is 14.4 Å². The Morgan fingerprint density at radius 2 is 1.72 bits per heavy atom. The number of amides is 1. The Kier molecular flexibility index (Phi) is 6.81. The quantitative estimate of drug-likeness (QED) is 0.314. The maximum Gasteiger partial charge on any atom is 0.283 e. The van der Waals surface area contributed by atoms with Crippen LogP contribution in [0.2, 0.25) is 0 Å². The number of thioether (sulfide) groups is 1. The molecule has 0 saturated heterocycles. The Morgan fingerprint density at radius 1 is 0.944 bits per heavy atom. The van der Waals surface area contributed by atoms with Gasteiger partial charge in [0, 0.05) is 11.6 Å². The van der Waals surface area contributed by atoms with E-state index in [2.05, 4.69) is 15.1 Å². The van der Waals surface area contributed by atoms with E-state index in [1.54, 1.807) is 31.3 Å². The van der Waals surface area contributed by atoms with Crippen molar-refractivity contribution in [1.29, 1.82) is 0 Å². The highest BCUT2D eigenvalue weighted by Gasteiger charge is 2.32. The Bertz CT molecular complexity index is 1430. The van der Waals surface area contributed by atoms with Crippen LogP contribution >= 0.6 is 11.8 Å². The third kappa shape index (κ3) is 5.01. The number of nitrogens with zero attached hydrogens (tertiary/aromatic N) is 4. The van der Waals surface area contributed by atoms with Gasteiger partial charge in [-0.3, -0.25) is 9.69 Å². The maximum atomic E-state index is 13.5. The highest BCUT2D eigenvalue weighted by molar-refractivity contribution is 8.13. The van der Waals surface area contributed by atoms with Crippen molar-refractivity contribution in [2.24, 2.45) is 4.99 Å². The molecule has 1 aliphatic rings. The third-order valence-corrected chi connectivity index (χ3v) is 6.31. The molecule has 0 radical (unpaired) electrons. The maximum absolute atomic E-state index is 13.5. The van der Waals surface area contributed by atoms with E-state index in [4.69, 9.17) is 14.0 Å². The lowest BCUT2D eigenvalue weighted by Crippen LogP contribution is -2.30. The van der Waals surface area contributed by atoms with Gasteiger partial charge < -0.3 is 14.0 Å². The Morgan fingerprint density at radius 3 is 2.47 bits per heavy atom. The number of carbonyl (C=O) groups excluding carboxylic acids is 1. The molecule has 0 aliphatic carbocycles. The fraction of sp³-hybridized carbons (Fsp3) is 0.111. The second kappa shape index (κ2) is 10.5. The van der Waals surface area contributed by atoms with Gasteiger partial charge in [-0.15, -0.1) is 0 Å². The number of rotatable bonds is 7. The van der Waals surface area contributed by atoms with Crippen LogP contribution in [0.1, 0.15) is 11.5 Å². The molecule has 0 unspecified atom stereocenters. The fourth-order valence-corrected chi connectivity index (χ4v) is 4.42. The zero-order valence-electron chi connectivity index (χ0n) is 19.6. The SMILES string of the molecule is COc1ccc(/C=C2\N=C(SCc3nc(-c4ccccc4)no3)N(c3cccc(OC)c3)C2=O)cc1. The molecular weight excluding hydrogens is 476 g/mol. The van der Waals surface area contributed by atoms with Crippen LogP contribution in [-0.4, -0.2) is 35.4 Å².